The zero-order chi connectivity index (χ0) is 13.2. The van der Waals surface area contributed by atoms with Gasteiger partial charge >= 0.3 is 6.18 Å². The van der Waals surface area contributed by atoms with Crippen molar-refractivity contribution < 1.29 is 18.3 Å². The van der Waals surface area contributed by atoms with Crippen molar-refractivity contribution in [3.05, 3.63) is 16.4 Å². The van der Waals surface area contributed by atoms with Crippen LogP contribution in [0.25, 0.3) is 0 Å². The first-order valence-corrected chi connectivity index (χ1v) is 5.69. The van der Waals surface area contributed by atoms with Gasteiger partial charge in [0.1, 0.15) is 5.15 Å². The molecule has 3 nitrogen and oxygen atoms in total. The Balaban J connectivity index is 3.31. The first-order valence-electron chi connectivity index (χ1n) is 5.31. The summed E-state index contributed by atoms with van der Waals surface area (Å²) in [4.78, 5) is 0. The van der Waals surface area contributed by atoms with Gasteiger partial charge in [0.2, 0.25) is 0 Å². The monoisotopic (exact) mass is 270 g/mol. The molecule has 0 aliphatic heterocycles. The molecular weight excluding hydrogens is 257 g/mol. The molecule has 1 N–H and O–H groups in total. The van der Waals surface area contributed by atoms with Crippen LogP contribution in [0.15, 0.2) is 0 Å². The maximum absolute atomic E-state index is 12.7. The first kappa shape index (κ1) is 14.3. The number of alkyl halides is 3. The van der Waals surface area contributed by atoms with E-state index in [1.165, 1.54) is 0 Å². The average molecular weight is 271 g/mol. The van der Waals surface area contributed by atoms with Crippen LogP contribution in [0.2, 0.25) is 5.15 Å². The van der Waals surface area contributed by atoms with Crippen LogP contribution in [0.3, 0.4) is 0 Å². The molecule has 0 fully saturated rings. The lowest BCUT2D eigenvalue weighted by Gasteiger charge is -2.14. The molecule has 0 aromatic carbocycles. The van der Waals surface area contributed by atoms with Gasteiger partial charge in [0.15, 0.2) is 5.69 Å². The average Bonchev–Trinajstić information content (AvgIpc) is 2.58. The number of aliphatic hydroxyl groups excluding tert-OH is 1. The van der Waals surface area contributed by atoms with Gasteiger partial charge in [0, 0.05) is 5.56 Å². The number of hydrogen-bond donors (Lipinski definition) is 1. The van der Waals surface area contributed by atoms with Gasteiger partial charge < -0.3 is 5.11 Å². The summed E-state index contributed by atoms with van der Waals surface area (Å²) in [5.74, 6) is 0. The largest absolute Gasteiger partial charge is 0.435 e. The topological polar surface area (TPSA) is 38.0 Å². The number of nitrogens with zero attached hydrogens (tertiary/aromatic N) is 2. The van der Waals surface area contributed by atoms with Gasteiger partial charge in [-0.2, -0.15) is 18.3 Å². The number of halogens is 4. The summed E-state index contributed by atoms with van der Waals surface area (Å²) in [7, 11) is 0. The summed E-state index contributed by atoms with van der Waals surface area (Å²) in [6, 6.07) is -0.191. The molecule has 1 heterocycles. The van der Waals surface area contributed by atoms with Crippen molar-refractivity contribution in [3.8, 4) is 0 Å². The number of rotatable bonds is 4. The van der Waals surface area contributed by atoms with E-state index in [4.69, 9.17) is 16.7 Å². The van der Waals surface area contributed by atoms with E-state index in [1.807, 2.05) is 13.8 Å². The molecule has 0 saturated heterocycles. The molecule has 1 aromatic rings. The summed E-state index contributed by atoms with van der Waals surface area (Å²) >= 11 is 5.83. The van der Waals surface area contributed by atoms with Crippen LogP contribution >= 0.6 is 11.6 Å². The third kappa shape index (κ3) is 2.74. The Labute approximate surface area is 102 Å². The van der Waals surface area contributed by atoms with E-state index in [9.17, 15) is 13.2 Å². The Morgan fingerprint density at radius 2 is 1.88 bits per heavy atom. The van der Waals surface area contributed by atoms with Crippen LogP contribution in [0.1, 0.15) is 44.0 Å². The maximum Gasteiger partial charge on any atom is 0.435 e. The molecule has 0 unspecified atom stereocenters. The highest BCUT2D eigenvalue weighted by molar-refractivity contribution is 6.30. The SMILES string of the molecule is CCC(CC)n1nc(C(F)(F)F)c(CO)c1Cl. The lowest BCUT2D eigenvalue weighted by molar-refractivity contribution is -0.142. The fourth-order valence-electron chi connectivity index (χ4n) is 1.69. The zero-order valence-electron chi connectivity index (χ0n) is 9.55. The Bertz CT molecular complexity index is 386. The highest BCUT2D eigenvalue weighted by Crippen LogP contribution is 2.36. The highest BCUT2D eigenvalue weighted by Gasteiger charge is 2.39. The van der Waals surface area contributed by atoms with Gasteiger partial charge in [-0.3, -0.25) is 4.68 Å². The Kier molecular flexibility index (Phi) is 4.43. The van der Waals surface area contributed by atoms with Crippen molar-refractivity contribution in [3.63, 3.8) is 0 Å². The fourth-order valence-corrected chi connectivity index (χ4v) is 2.02. The van der Waals surface area contributed by atoms with Crippen molar-refractivity contribution >= 4 is 11.6 Å². The standard InChI is InChI=1S/C10H14ClF3N2O/c1-3-6(4-2)16-9(11)7(5-17)8(15-16)10(12,13)14/h6,17H,3-5H2,1-2H3. The van der Waals surface area contributed by atoms with Gasteiger partial charge in [0.25, 0.3) is 0 Å². The Morgan fingerprint density at radius 3 is 2.18 bits per heavy atom. The first-order chi connectivity index (χ1) is 7.86. The minimum Gasteiger partial charge on any atom is -0.391 e. The summed E-state index contributed by atoms with van der Waals surface area (Å²) in [6.45, 7) is 2.92. The van der Waals surface area contributed by atoms with Crippen LogP contribution in [0, 0.1) is 0 Å². The number of aliphatic hydroxyl groups is 1. The van der Waals surface area contributed by atoms with Crippen molar-refractivity contribution in [2.45, 2.75) is 45.5 Å². The van der Waals surface area contributed by atoms with Crippen LogP contribution in [-0.4, -0.2) is 14.9 Å². The van der Waals surface area contributed by atoms with Crippen LogP contribution in [-0.2, 0) is 12.8 Å². The molecule has 0 amide bonds. The highest BCUT2D eigenvalue weighted by atomic mass is 35.5. The molecular formula is C10H14ClF3N2O. The lowest BCUT2D eigenvalue weighted by atomic mass is 10.2. The van der Waals surface area contributed by atoms with E-state index in [0.29, 0.717) is 12.8 Å². The summed E-state index contributed by atoms with van der Waals surface area (Å²) in [5.41, 5.74) is -1.46. The second kappa shape index (κ2) is 5.27. The molecule has 17 heavy (non-hydrogen) atoms. The van der Waals surface area contributed by atoms with E-state index >= 15 is 0 Å². The van der Waals surface area contributed by atoms with Crippen molar-refractivity contribution in [2.24, 2.45) is 0 Å². The predicted octanol–water partition coefficient (Wildman–Crippen LogP) is 3.41. The minimum atomic E-state index is -4.60. The summed E-state index contributed by atoms with van der Waals surface area (Å²) in [5, 5.41) is 12.3. The molecule has 0 aliphatic rings. The van der Waals surface area contributed by atoms with E-state index in [0.717, 1.165) is 4.68 Å². The third-order valence-electron chi connectivity index (χ3n) is 2.66. The van der Waals surface area contributed by atoms with E-state index in [1.54, 1.807) is 0 Å². The van der Waals surface area contributed by atoms with Gasteiger partial charge in [-0.15, -0.1) is 0 Å². The lowest BCUT2D eigenvalue weighted by Crippen LogP contribution is -2.12. The van der Waals surface area contributed by atoms with E-state index < -0.39 is 18.5 Å². The molecule has 0 atom stereocenters. The minimum absolute atomic E-state index is 0.131. The van der Waals surface area contributed by atoms with Crippen LogP contribution in [0.4, 0.5) is 13.2 Å². The smallest absolute Gasteiger partial charge is 0.391 e. The molecule has 1 aromatic heterocycles. The molecule has 98 valence electrons. The fraction of sp³-hybridized carbons (Fsp3) is 0.700. The molecule has 1 rings (SSSR count). The second-order valence-corrected chi connectivity index (χ2v) is 4.05. The predicted molar refractivity (Wildman–Crippen MR) is 57.8 cm³/mol. The Morgan fingerprint density at radius 1 is 1.35 bits per heavy atom. The maximum atomic E-state index is 12.7. The molecule has 0 spiro atoms. The van der Waals surface area contributed by atoms with Crippen LogP contribution < -0.4 is 0 Å². The number of aromatic nitrogens is 2. The van der Waals surface area contributed by atoms with Gasteiger partial charge in [-0.25, -0.2) is 0 Å². The molecule has 0 aliphatic carbocycles. The molecule has 0 bridgehead atoms. The summed E-state index contributed by atoms with van der Waals surface area (Å²) < 4.78 is 39.1. The van der Waals surface area contributed by atoms with Crippen molar-refractivity contribution in [2.75, 3.05) is 0 Å². The van der Waals surface area contributed by atoms with E-state index in [2.05, 4.69) is 5.10 Å². The summed E-state index contributed by atoms with van der Waals surface area (Å²) in [6.07, 6.45) is -3.35. The van der Waals surface area contributed by atoms with Crippen molar-refractivity contribution in [1.82, 2.24) is 9.78 Å². The van der Waals surface area contributed by atoms with Gasteiger partial charge in [0.05, 0.1) is 12.6 Å². The second-order valence-electron chi connectivity index (χ2n) is 3.69. The third-order valence-corrected chi connectivity index (χ3v) is 3.06. The van der Waals surface area contributed by atoms with Gasteiger partial charge in [-0.1, -0.05) is 25.4 Å². The normalized spacial score (nSPS) is 12.5. The molecule has 0 radical (unpaired) electrons. The molecule has 7 heteroatoms. The van der Waals surface area contributed by atoms with Gasteiger partial charge in [-0.05, 0) is 12.8 Å². The Hall–Kier alpha value is -0.750. The quantitative estimate of drug-likeness (QED) is 0.910. The zero-order valence-corrected chi connectivity index (χ0v) is 10.3. The van der Waals surface area contributed by atoms with Crippen molar-refractivity contribution in [1.29, 1.82) is 0 Å². The van der Waals surface area contributed by atoms with Crippen LogP contribution in [0.5, 0.6) is 0 Å². The molecule has 0 saturated carbocycles. The van der Waals surface area contributed by atoms with E-state index in [-0.39, 0.29) is 16.8 Å². The number of hydrogen-bond acceptors (Lipinski definition) is 2.